The fourth-order valence-corrected chi connectivity index (χ4v) is 3.74. The Bertz CT molecular complexity index is 718. The first-order chi connectivity index (χ1) is 13.7. The van der Waals surface area contributed by atoms with Crippen LogP contribution in [0.25, 0.3) is 0 Å². The largest absolute Gasteiger partial charge is 0.357 e. The zero-order valence-corrected chi connectivity index (χ0v) is 20.2. The van der Waals surface area contributed by atoms with Gasteiger partial charge in [-0.3, -0.25) is 10.1 Å². The SMILES string of the molecule is CCNC(=NCCCc1ccc(C(C)C)cc1)N1CCC(c2ncn[nH]2)CC1.I. The Labute approximate surface area is 192 Å². The van der Waals surface area contributed by atoms with Gasteiger partial charge in [-0.1, -0.05) is 38.1 Å². The Balaban J connectivity index is 0.00000300. The Morgan fingerprint density at radius 2 is 1.97 bits per heavy atom. The van der Waals surface area contributed by atoms with Gasteiger partial charge < -0.3 is 10.2 Å². The highest BCUT2D eigenvalue weighted by Gasteiger charge is 2.24. The first-order valence-electron chi connectivity index (χ1n) is 10.6. The Morgan fingerprint density at radius 3 is 2.55 bits per heavy atom. The predicted octanol–water partition coefficient (Wildman–Crippen LogP) is 4.32. The summed E-state index contributed by atoms with van der Waals surface area (Å²) in [5.41, 5.74) is 2.81. The molecule has 2 aromatic rings. The third-order valence-corrected chi connectivity index (χ3v) is 5.48. The lowest BCUT2D eigenvalue weighted by molar-refractivity contribution is 0.299. The quantitative estimate of drug-likeness (QED) is 0.252. The van der Waals surface area contributed by atoms with E-state index < -0.39 is 0 Å². The average molecular weight is 510 g/mol. The van der Waals surface area contributed by atoms with Crippen molar-refractivity contribution >= 4 is 29.9 Å². The molecule has 1 fully saturated rings. The number of hydrogen-bond donors (Lipinski definition) is 2. The molecule has 0 amide bonds. The molecule has 160 valence electrons. The number of nitrogens with zero attached hydrogens (tertiary/aromatic N) is 4. The number of rotatable bonds is 7. The number of H-pyrrole nitrogens is 1. The van der Waals surface area contributed by atoms with Crippen molar-refractivity contribution in [1.82, 2.24) is 25.4 Å². The highest BCUT2D eigenvalue weighted by Crippen LogP contribution is 2.25. The van der Waals surface area contributed by atoms with Crippen LogP contribution >= 0.6 is 24.0 Å². The molecular formula is C22H35IN6. The van der Waals surface area contributed by atoms with Crippen molar-refractivity contribution in [2.45, 2.75) is 58.3 Å². The van der Waals surface area contributed by atoms with E-state index in [-0.39, 0.29) is 24.0 Å². The van der Waals surface area contributed by atoms with Crippen molar-refractivity contribution in [1.29, 1.82) is 0 Å². The van der Waals surface area contributed by atoms with Gasteiger partial charge in [-0.25, -0.2) is 4.98 Å². The first-order valence-corrected chi connectivity index (χ1v) is 10.6. The van der Waals surface area contributed by atoms with E-state index in [1.165, 1.54) is 11.1 Å². The summed E-state index contributed by atoms with van der Waals surface area (Å²) in [7, 11) is 0. The van der Waals surface area contributed by atoms with Crippen LogP contribution in [0.1, 0.15) is 68.8 Å². The highest BCUT2D eigenvalue weighted by molar-refractivity contribution is 14.0. The minimum absolute atomic E-state index is 0. The van der Waals surface area contributed by atoms with Gasteiger partial charge in [-0.15, -0.1) is 24.0 Å². The standard InChI is InChI=1S/C22H34N6.HI/c1-4-23-22(28-14-11-20(12-15-28)21-25-16-26-27-21)24-13-5-6-18-7-9-19(10-8-18)17(2)3;/h7-10,16-17,20H,4-6,11-15H2,1-3H3,(H,23,24)(H,25,26,27);1H. The second-order valence-electron chi connectivity index (χ2n) is 7.87. The van der Waals surface area contributed by atoms with E-state index in [0.29, 0.717) is 11.8 Å². The third kappa shape index (κ3) is 6.97. The van der Waals surface area contributed by atoms with E-state index >= 15 is 0 Å². The van der Waals surface area contributed by atoms with Crippen molar-refractivity contribution in [2.75, 3.05) is 26.2 Å². The lowest BCUT2D eigenvalue weighted by Gasteiger charge is -2.33. The molecule has 6 nitrogen and oxygen atoms in total. The summed E-state index contributed by atoms with van der Waals surface area (Å²) in [6.45, 7) is 10.4. The number of guanidine groups is 1. The molecular weight excluding hydrogens is 475 g/mol. The summed E-state index contributed by atoms with van der Waals surface area (Å²) in [5, 5.41) is 10.5. The van der Waals surface area contributed by atoms with E-state index in [4.69, 9.17) is 4.99 Å². The predicted molar refractivity (Wildman–Crippen MR) is 130 cm³/mol. The van der Waals surface area contributed by atoms with E-state index in [0.717, 1.165) is 63.6 Å². The van der Waals surface area contributed by atoms with Gasteiger partial charge in [0.15, 0.2) is 5.96 Å². The van der Waals surface area contributed by atoms with Crippen molar-refractivity contribution in [3.63, 3.8) is 0 Å². The van der Waals surface area contributed by atoms with Crippen molar-refractivity contribution in [2.24, 2.45) is 4.99 Å². The normalized spacial score (nSPS) is 15.4. The number of hydrogen-bond acceptors (Lipinski definition) is 3. The highest BCUT2D eigenvalue weighted by atomic mass is 127. The van der Waals surface area contributed by atoms with Gasteiger partial charge in [0, 0.05) is 32.1 Å². The molecule has 0 saturated carbocycles. The second kappa shape index (κ2) is 12.1. The molecule has 1 aromatic carbocycles. The molecule has 0 spiro atoms. The van der Waals surface area contributed by atoms with Crippen LogP contribution in [0.3, 0.4) is 0 Å². The minimum atomic E-state index is 0. The minimum Gasteiger partial charge on any atom is -0.357 e. The van der Waals surface area contributed by atoms with Crippen LogP contribution in [-0.2, 0) is 6.42 Å². The smallest absolute Gasteiger partial charge is 0.193 e. The number of aromatic amines is 1. The molecule has 0 aliphatic carbocycles. The number of halogens is 1. The van der Waals surface area contributed by atoms with Gasteiger partial charge >= 0.3 is 0 Å². The molecule has 29 heavy (non-hydrogen) atoms. The maximum absolute atomic E-state index is 4.88. The van der Waals surface area contributed by atoms with Crippen LogP contribution in [0.15, 0.2) is 35.6 Å². The molecule has 1 saturated heterocycles. The molecule has 1 aliphatic heterocycles. The van der Waals surface area contributed by atoms with Gasteiger partial charge in [-0.2, -0.15) is 5.10 Å². The molecule has 1 aromatic heterocycles. The Hall–Kier alpha value is -1.64. The number of piperidine rings is 1. The van der Waals surface area contributed by atoms with E-state index in [9.17, 15) is 0 Å². The van der Waals surface area contributed by atoms with Gasteiger partial charge in [0.1, 0.15) is 12.2 Å². The topological polar surface area (TPSA) is 69.2 Å². The summed E-state index contributed by atoms with van der Waals surface area (Å²) < 4.78 is 0. The van der Waals surface area contributed by atoms with E-state index in [1.807, 2.05) is 0 Å². The summed E-state index contributed by atoms with van der Waals surface area (Å²) in [6.07, 6.45) is 5.92. The molecule has 1 aliphatic rings. The van der Waals surface area contributed by atoms with Crippen molar-refractivity contribution < 1.29 is 0 Å². The molecule has 2 N–H and O–H groups in total. The van der Waals surface area contributed by atoms with Crippen LogP contribution in [0.5, 0.6) is 0 Å². The molecule has 0 atom stereocenters. The fraction of sp³-hybridized carbons (Fsp3) is 0.591. The number of aryl methyl sites for hydroxylation is 1. The zero-order valence-electron chi connectivity index (χ0n) is 17.9. The fourth-order valence-electron chi connectivity index (χ4n) is 3.74. The van der Waals surface area contributed by atoms with Gasteiger partial charge in [0.25, 0.3) is 0 Å². The Kier molecular flexibility index (Phi) is 9.90. The number of likely N-dealkylation sites (tertiary alicyclic amines) is 1. The van der Waals surface area contributed by atoms with Gasteiger partial charge in [-0.05, 0) is 49.7 Å². The third-order valence-electron chi connectivity index (χ3n) is 5.48. The van der Waals surface area contributed by atoms with E-state index in [2.05, 4.69) is 70.4 Å². The van der Waals surface area contributed by atoms with Gasteiger partial charge in [0.2, 0.25) is 0 Å². The monoisotopic (exact) mass is 510 g/mol. The molecule has 0 unspecified atom stereocenters. The van der Waals surface area contributed by atoms with Crippen molar-refractivity contribution in [3.8, 4) is 0 Å². The van der Waals surface area contributed by atoms with Crippen LogP contribution in [0.2, 0.25) is 0 Å². The summed E-state index contributed by atoms with van der Waals surface area (Å²) in [4.78, 5) is 11.6. The second-order valence-corrected chi connectivity index (χ2v) is 7.87. The first kappa shape index (κ1) is 23.6. The maximum Gasteiger partial charge on any atom is 0.193 e. The summed E-state index contributed by atoms with van der Waals surface area (Å²) in [6, 6.07) is 9.04. The number of aromatic nitrogens is 3. The number of nitrogens with one attached hydrogen (secondary N) is 2. The van der Waals surface area contributed by atoms with Crippen LogP contribution < -0.4 is 5.32 Å². The van der Waals surface area contributed by atoms with E-state index in [1.54, 1.807) is 6.33 Å². The zero-order chi connectivity index (χ0) is 19.8. The maximum atomic E-state index is 4.88. The lowest BCUT2D eigenvalue weighted by Crippen LogP contribution is -2.45. The lowest BCUT2D eigenvalue weighted by atomic mass is 9.96. The molecule has 0 radical (unpaired) electrons. The van der Waals surface area contributed by atoms with Crippen LogP contribution in [-0.4, -0.2) is 52.2 Å². The van der Waals surface area contributed by atoms with Crippen LogP contribution in [0.4, 0.5) is 0 Å². The number of benzene rings is 1. The molecule has 7 heteroatoms. The van der Waals surface area contributed by atoms with Gasteiger partial charge in [0.05, 0.1) is 0 Å². The Morgan fingerprint density at radius 1 is 1.24 bits per heavy atom. The summed E-state index contributed by atoms with van der Waals surface area (Å²) in [5.74, 6) is 3.14. The summed E-state index contributed by atoms with van der Waals surface area (Å²) >= 11 is 0. The molecule has 3 rings (SSSR count). The molecule has 0 bridgehead atoms. The van der Waals surface area contributed by atoms with Crippen LogP contribution in [0, 0.1) is 0 Å². The average Bonchev–Trinajstić information content (AvgIpc) is 3.26. The number of aliphatic imine (C=N–C) groups is 1. The molecule has 2 heterocycles. The van der Waals surface area contributed by atoms with Crippen molar-refractivity contribution in [3.05, 3.63) is 47.5 Å².